The molecule has 2 aromatic rings. The van der Waals surface area contributed by atoms with Crippen molar-refractivity contribution in [2.75, 3.05) is 25.0 Å². The maximum absolute atomic E-state index is 12.4. The minimum absolute atomic E-state index is 0.0370. The Kier molecular flexibility index (Phi) is 5.20. The fraction of sp³-hybridized carbons (Fsp3) is 0.474. The summed E-state index contributed by atoms with van der Waals surface area (Å²) in [4.78, 5) is 14.5. The third-order valence-electron chi connectivity index (χ3n) is 4.91. The quantitative estimate of drug-likeness (QED) is 0.873. The molecule has 2 atom stereocenters. The van der Waals surface area contributed by atoms with Crippen molar-refractivity contribution in [2.24, 2.45) is 5.92 Å². The first-order valence-corrected chi connectivity index (χ1v) is 8.77. The van der Waals surface area contributed by atoms with E-state index in [0.29, 0.717) is 6.54 Å². The summed E-state index contributed by atoms with van der Waals surface area (Å²) in [7, 11) is 0. The second-order valence-electron chi connectivity index (χ2n) is 6.87. The van der Waals surface area contributed by atoms with Crippen LogP contribution in [0.4, 0.5) is 5.69 Å². The van der Waals surface area contributed by atoms with Crippen LogP contribution in [0.15, 0.2) is 30.3 Å². The van der Waals surface area contributed by atoms with E-state index in [4.69, 9.17) is 0 Å². The molecule has 2 heterocycles. The van der Waals surface area contributed by atoms with E-state index in [1.54, 1.807) is 0 Å². The van der Waals surface area contributed by atoms with E-state index in [-0.39, 0.29) is 17.9 Å². The number of benzene rings is 1. The smallest absolute Gasteiger partial charge is 0.238 e. The summed E-state index contributed by atoms with van der Waals surface area (Å²) in [6.07, 6.45) is 0.622. The largest absolute Gasteiger partial charge is 0.393 e. The predicted molar refractivity (Wildman–Crippen MR) is 97.9 cm³/mol. The number of nitrogens with one attached hydrogen (secondary N) is 1. The minimum atomic E-state index is -0.318. The summed E-state index contributed by atoms with van der Waals surface area (Å²) in [5, 5.41) is 17.3. The van der Waals surface area contributed by atoms with Crippen molar-refractivity contribution in [2.45, 2.75) is 33.3 Å². The van der Waals surface area contributed by atoms with Crippen molar-refractivity contribution in [1.82, 2.24) is 14.7 Å². The molecule has 0 bridgehead atoms. The van der Waals surface area contributed by atoms with Crippen molar-refractivity contribution in [3.05, 3.63) is 41.7 Å². The summed E-state index contributed by atoms with van der Waals surface area (Å²) in [5.41, 5.74) is 3.47. The van der Waals surface area contributed by atoms with E-state index in [1.807, 2.05) is 55.8 Å². The molecule has 1 aromatic carbocycles. The molecule has 2 unspecified atom stereocenters. The van der Waals surface area contributed by atoms with E-state index in [9.17, 15) is 9.90 Å². The second kappa shape index (κ2) is 7.37. The Hall–Kier alpha value is -2.18. The molecule has 3 rings (SSSR count). The molecule has 0 spiro atoms. The molecular formula is C19H26N4O2. The number of rotatable bonds is 5. The van der Waals surface area contributed by atoms with Crippen LogP contribution in [0.1, 0.15) is 24.7 Å². The molecule has 1 fully saturated rings. The number of carbonyl (C=O) groups excluding carboxylic acids is 1. The summed E-state index contributed by atoms with van der Waals surface area (Å²) in [6, 6.07) is 9.89. The van der Waals surface area contributed by atoms with Crippen LogP contribution in [0.3, 0.4) is 0 Å². The third kappa shape index (κ3) is 3.91. The van der Waals surface area contributed by atoms with Gasteiger partial charge in [0.05, 0.1) is 35.4 Å². The first-order valence-electron chi connectivity index (χ1n) is 8.77. The van der Waals surface area contributed by atoms with E-state index >= 15 is 0 Å². The molecular weight excluding hydrogens is 316 g/mol. The normalized spacial score (nSPS) is 19.1. The minimum Gasteiger partial charge on any atom is -0.393 e. The van der Waals surface area contributed by atoms with Crippen molar-refractivity contribution in [3.63, 3.8) is 0 Å². The van der Waals surface area contributed by atoms with Gasteiger partial charge < -0.3 is 10.4 Å². The lowest BCUT2D eigenvalue weighted by molar-refractivity contribution is -0.117. The maximum Gasteiger partial charge on any atom is 0.238 e. The fourth-order valence-electron chi connectivity index (χ4n) is 3.43. The van der Waals surface area contributed by atoms with Gasteiger partial charge in [0.15, 0.2) is 0 Å². The molecule has 1 amide bonds. The lowest BCUT2D eigenvalue weighted by Crippen LogP contribution is -2.32. The SMILES string of the molecule is Cc1nn(-c2ccccc2)c(C)c1NC(=O)CN1CCC(C(C)O)C1. The molecule has 0 aliphatic carbocycles. The van der Waals surface area contributed by atoms with E-state index in [1.165, 1.54) is 0 Å². The Bertz CT molecular complexity index is 739. The standard InChI is InChI=1S/C19H26N4O2/c1-13-19(14(2)23(21-13)17-7-5-4-6-8-17)20-18(25)12-22-10-9-16(11-22)15(3)24/h4-8,15-16,24H,9-12H2,1-3H3,(H,20,25). The van der Waals surface area contributed by atoms with Gasteiger partial charge in [-0.3, -0.25) is 9.69 Å². The number of para-hydroxylation sites is 1. The topological polar surface area (TPSA) is 70.4 Å². The average Bonchev–Trinajstić information content (AvgIpc) is 3.16. The maximum atomic E-state index is 12.4. The summed E-state index contributed by atoms with van der Waals surface area (Å²) >= 11 is 0. The van der Waals surface area contributed by atoms with Crippen molar-refractivity contribution >= 4 is 11.6 Å². The molecule has 6 heteroatoms. The van der Waals surface area contributed by atoms with Crippen LogP contribution in [-0.4, -0.2) is 51.4 Å². The van der Waals surface area contributed by atoms with Gasteiger partial charge in [-0.25, -0.2) is 4.68 Å². The Balaban J connectivity index is 1.67. The molecule has 6 nitrogen and oxygen atoms in total. The van der Waals surface area contributed by atoms with Crippen molar-refractivity contribution in [1.29, 1.82) is 0 Å². The number of aryl methyl sites for hydroxylation is 1. The van der Waals surface area contributed by atoms with Crippen LogP contribution in [0, 0.1) is 19.8 Å². The zero-order valence-corrected chi connectivity index (χ0v) is 15.1. The highest BCUT2D eigenvalue weighted by Crippen LogP contribution is 2.23. The number of amides is 1. The Morgan fingerprint density at radius 3 is 2.72 bits per heavy atom. The number of hydrogen-bond acceptors (Lipinski definition) is 4. The first kappa shape index (κ1) is 17.6. The van der Waals surface area contributed by atoms with Crippen LogP contribution >= 0.6 is 0 Å². The lowest BCUT2D eigenvalue weighted by Gasteiger charge is -2.17. The number of aliphatic hydroxyl groups is 1. The molecule has 1 aliphatic rings. The van der Waals surface area contributed by atoms with Gasteiger partial charge >= 0.3 is 0 Å². The summed E-state index contributed by atoms with van der Waals surface area (Å²) in [5.74, 6) is 0.224. The number of hydrogen-bond donors (Lipinski definition) is 2. The molecule has 1 saturated heterocycles. The Morgan fingerprint density at radius 1 is 1.36 bits per heavy atom. The third-order valence-corrected chi connectivity index (χ3v) is 4.91. The molecule has 134 valence electrons. The van der Waals surface area contributed by atoms with Gasteiger partial charge in [0.25, 0.3) is 0 Å². The van der Waals surface area contributed by atoms with Crippen LogP contribution in [0.2, 0.25) is 0 Å². The number of likely N-dealkylation sites (tertiary alicyclic amines) is 1. The number of aliphatic hydroxyl groups excluding tert-OH is 1. The molecule has 0 radical (unpaired) electrons. The molecule has 1 aliphatic heterocycles. The highest BCUT2D eigenvalue weighted by molar-refractivity contribution is 5.93. The zero-order chi connectivity index (χ0) is 18.0. The van der Waals surface area contributed by atoms with Gasteiger partial charge in [0.1, 0.15) is 0 Å². The first-order chi connectivity index (χ1) is 12.0. The van der Waals surface area contributed by atoms with E-state index in [2.05, 4.69) is 15.3 Å². The summed E-state index contributed by atoms with van der Waals surface area (Å²) < 4.78 is 1.85. The Labute approximate surface area is 148 Å². The van der Waals surface area contributed by atoms with Crippen LogP contribution < -0.4 is 5.32 Å². The molecule has 1 aromatic heterocycles. The van der Waals surface area contributed by atoms with Crippen molar-refractivity contribution in [3.8, 4) is 5.69 Å². The lowest BCUT2D eigenvalue weighted by atomic mass is 10.0. The van der Waals surface area contributed by atoms with E-state index in [0.717, 1.165) is 42.3 Å². The number of anilines is 1. The number of carbonyl (C=O) groups is 1. The van der Waals surface area contributed by atoms with Gasteiger partial charge in [-0.2, -0.15) is 5.10 Å². The average molecular weight is 342 g/mol. The molecule has 25 heavy (non-hydrogen) atoms. The highest BCUT2D eigenvalue weighted by atomic mass is 16.3. The van der Waals surface area contributed by atoms with E-state index < -0.39 is 0 Å². The van der Waals surface area contributed by atoms with Crippen LogP contribution in [-0.2, 0) is 4.79 Å². The zero-order valence-electron chi connectivity index (χ0n) is 15.1. The van der Waals surface area contributed by atoms with Crippen LogP contribution in [0.5, 0.6) is 0 Å². The fourth-order valence-corrected chi connectivity index (χ4v) is 3.43. The van der Waals surface area contributed by atoms with Crippen LogP contribution in [0.25, 0.3) is 5.69 Å². The second-order valence-corrected chi connectivity index (χ2v) is 6.87. The predicted octanol–water partition coefficient (Wildman–Crippen LogP) is 2.13. The molecule has 0 saturated carbocycles. The summed E-state index contributed by atoms with van der Waals surface area (Å²) in [6.45, 7) is 7.65. The molecule has 2 N–H and O–H groups in total. The monoisotopic (exact) mass is 342 g/mol. The van der Waals surface area contributed by atoms with Gasteiger partial charge in [0.2, 0.25) is 5.91 Å². The van der Waals surface area contributed by atoms with Gasteiger partial charge in [-0.15, -0.1) is 0 Å². The Morgan fingerprint density at radius 2 is 2.08 bits per heavy atom. The number of aromatic nitrogens is 2. The number of nitrogens with zero attached hydrogens (tertiary/aromatic N) is 3. The van der Waals surface area contributed by atoms with Crippen molar-refractivity contribution < 1.29 is 9.90 Å². The van der Waals surface area contributed by atoms with Gasteiger partial charge in [-0.05, 0) is 51.8 Å². The van der Waals surface area contributed by atoms with Gasteiger partial charge in [-0.1, -0.05) is 18.2 Å². The van der Waals surface area contributed by atoms with Gasteiger partial charge in [0, 0.05) is 6.54 Å². The highest BCUT2D eigenvalue weighted by Gasteiger charge is 2.27.